The molecule has 2 heterocycles. The van der Waals surface area contributed by atoms with Gasteiger partial charge in [-0.15, -0.1) is 0 Å². The van der Waals surface area contributed by atoms with Gasteiger partial charge in [0.25, 0.3) is 0 Å². The highest BCUT2D eigenvalue weighted by Crippen LogP contribution is 2.34. The molecule has 2 aliphatic rings. The first-order valence-electron chi connectivity index (χ1n) is 9.59. The molecule has 140 valence electrons. The molecule has 0 radical (unpaired) electrons. The van der Waals surface area contributed by atoms with E-state index in [2.05, 4.69) is 29.0 Å². The number of H-pyrrole nitrogens is 1. The third kappa shape index (κ3) is 4.32. The second-order valence-electron chi connectivity index (χ2n) is 7.82. The Labute approximate surface area is 149 Å². The van der Waals surface area contributed by atoms with Gasteiger partial charge in [-0.25, -0.2) is 9.78 Å². The van der Waals surface area contributed by atoms with Crippen molar-refractivity contribution in [3.05, 3.63) is 12.2 Å². The van der Waals surface area contributed by atoms with Gasteiger partial charge >= 0.3 is 6.03 Å². The van der Waals surface area contributed by atoms with Crippen LogP contribution in [0.3, 0.4) is 0 Å². The molecule has 0 spiro atoms. The maximum atomic E-state index is 11.9. The van der Waals surface area contributed by atoms with Crippen molar-refractivity contribution in [1.82, 2.24) is 20.1 Å². The SMILES string of the molecule is CC(C)[C@H]1CC[C@@H](OCC2C(c3nc[nH]n3)CCCN2C(N)=O)CC1. The molecular formula is C18H31N5O2. The molecule has 1 aromatic heterocycles. The van der Waals surface area contributed by atoms with Gasteiger partial charge in [0.1, 0.15) is 6.33 Å². The lowest BCUT2D eigenvalue weighted by atomic mass is 9.80. The minimum Gasteiger partial charge on any atom is -0.376 e. The third-order valence-electron chi connectivity index (χ3n) is 5.99. The number of hydrogen-bond acceptors (Lipinski definition) is 4. The number of amides is 2. The van der Waals surface area contributed by atoms with Crippen LogP contribution in [-0.2, 0) is 4.74 Å². The lowest BCUT2D eigenvalue weighted by molar-refractivity contribution is -0.0234. The van der Waals surface area contributed by atoms with Gasteiger partial charge in [-0.05, 0) is 50.4 Å². The minimum absolute atomic E-state index is 0.0788. The van der Waals surface area contributed by atoms with Crippen molar-refractivity contribution in [3.8, 4) is 0 Å². The first-order chi connectivity index (χ1) is 12.1. The molecule has 1 saturated carbocycles. The summed E-state index contributed by atoms with van der Waals surface area (Å²) in [6.07, 6.45) is 8.43. The average molecular weight is 349 g/mol. The molecule has 1 aliphatic carbocycles. The molecule has 1 aromatic rings. The zero-order valence-electron chi connectivity index (χ0n) is 15.4. The van der Waals surface area contributed by atoms with Gasteiger partial charge in [0.15, 0.2) is 5.82 Å². The number of carbonyl (C=O) groups excluding carboxylic acids is 1. The number of nitrogens with two attached hydrogens (primary N) is 1. The number of carbonyl (C=O) groups is 1. The lowest BCUT2D eigenvalue weighted by Gasteiger charge is -2.40. The van der Waals surface area contributed by atoms with Gasteiger partial charge in [0.05, 0.1) is 18.8 Å². The van der Waals surface area contributed by atoms with Gasteiger partial charge in [-0.2, -0.15) is 5.10 Å². The van der Waals surface area contributed by atoms with E-state index in [1.54, 1.807) is 11.2 Å². The van der Waals surface area contributed by atoms with E-state index in [-0.39, 0.29) is 18.0 Å². The Balaban J connectivity index is 1.61. The average Bonchev–Trinajstić information content (AvgIpc) is 3.14. The topological polar surface area (TPSA) is 97.1 Å². The zero-order valence-corrected chi connectivity index (χ0v) is 15.4. The Morgan fingerprint density at radius 3 is 2.72 bits per heavy atom. The molecule has 7 heteroatoms. The van der Waals surface area contributed by atoms with Gasteiger partial charge in [0, 0.05) is 12.5 Å². The summed E-state index contributed by atoms with van der Waals surface area (Å²) in [5, 5.41) is 7.01. The fraction of sp³-hybridized carbons (Fsp3) is 0.833. The summed E-state index contributed by atoms with van der Waals surface area (Å²) in [6, 6.07) is -0.456. The van der Waals surface area contributed by atoms with Gasteiger partial charge in [-0.1, -0.05) is 13.8 Å². The van der Waals surface area contributed by atoms with E-state index in [1.165, 1.54) is 12.8 Å². The van der Waals surface area contributed by atoms with E-state index in [4.69, 9.17) is 10.5 Å². The number of rotatable bonds is 5. The molecule has 1 aliphatic heterocycles. The molecular weight excluding hydrogens is 318 g/mol. The maximum Gasteiger partial charge on any atom is 0.315 e. The van der Waals surface area contributed by atoms with Crippen LogP contribution in [0.15, 0.2) is 6.33 Å². The van der Waals surface area contributed by atoms with Crippen LogP contribution in [-0.4, -0.2) is 51.4 Å². The molecule has 7 nitrogen and oxygen atoms in total. The number of likely N-dealkylation sites (tertiary alicyclic amines) is 1. The molecule has 2 atom stereocenters. The van der Waals surface area contributed by atoms with Crippen molar-refractivity contribution in [2.24, 2.45) is 17.6 Å². The largest absolute Gasteiger partial charge is 0.376 e. The Morgan fingerprint density at radius 2 is 2.12 bits per heavy atom. The Morgan fingerprint density at radius 1 is 1.36 bits per heavy atom. The molecule has 25 heavy (non-hydrogen) atoms. The maximum absolute atomic E-state index is 11.9. The van der Waals surface area contributed by atoms with Gasteiger partial charge in [0.2, 0.25) is 0 Å². The molecule has 0 bridgehead atoms. The van der Waals surface area contributed by atoms with E-state index in [0.29, 0.717) is 19.3 Å². The number of piperidine rings is 1. The molecule has 0 aromatic carbocycles. The van der Waals surface area contributed by atoms with Crippen molar-refractivity contribution >= 4 is 6.03 Å². The second-order valence-corrected chi connectivity index (χ2v) is 7.82. The van der Waals surface area contributed by atoms with E-state index < -0.39 is 0 Å². The summed E-state index contributed by atoms with van der Waals surface area (Å²) in [4.78, 5) is 17.9. The monoisotopic (exact) mass is 349 g/mol. The van der Waals surface area contributed by atoms with Crippen molar-refractivity contribution in [1.29, 1.82) is 0 Å². The highest BCUT2D eigenvalue weighted by Gasteiger charge is 2.37. The number of nitrogens with one attached hydrogen (secondary N) is 1. The standard InChI is InChI=1S/C18H31N5O2/c1-12(2)13-5-7-14(8-6-13)25-10-16-15(17-20-11-21-22-17)4-3-9-23(16)18(19)24/h11-16H,3-10H2,1-2H3,(H2,19,24)(H,20,21,22)/t13-,14+,15?,16?. The van der Waals surface area contributed by atoms with Crippen LogP contribution in [0.4, 0.5) is 4.79 Å². The highest BCUT2D eigenvalue weighted by atomic mass is 16.5. The van der Waals surface area contributed by atoms with Crippen LogP contribution in [0, 0.1) is 11.8 Å². The van der Waals surface area contributed by atoms with Gasteiger partial charge < -0.3 is 15.4 Å². The minimum atomic E-state index is -0.377. The van der Waals surface area contributed by atoms with Crippen molar-refractivity contribution < 1.29 is 9.53 Å². The second kappa shape index (κ2) is 8.17. The zero-order chi connectivity index (χ0) is 17.8. The Kier molecular flexibility index (Phi) is 5.93. The summed E-state index contributed by atoms with van der Waals surface area (Å²) in [6.45, 7) is 5.81. The normalized spacial score (nSPS) is 30.6. The molecule has 2 fully saturated rings. The molecule has 3 N–H and O–H groups in total. The molecule has 1 saturated heterocycles. The van der Waals surface area contributed by atoms with Crippen LogP contribution in [0.25, 0.3) is 0 Å². The predicted octanol–water partition coefficient (Wildman–Crippen LogP) is 2.66. The third-order valence-corrected chi connectivity index (χ3v) is 5.99. The van der Waals surface area contributed by atoms with E-state index in [9.17, 15) is 4.79 Å². The fourth-order valence-electron chi connectivity index (χ4n) is 4.39. The summed E-state index contributed by atoms with van der Waals surface area (Å²) in [5.41, 5.74) is 5.62. The number of aromatic amines is 1. The quantitative estimate of drug-likeness (QED) is 0.854. The smallest absolute Gasteiger partial charge is 0.315 e. The summed E-state index contributed by atoms with van der Waals surface area (Å²) >= 11 is 0. The van der Waals surface area contributed by atoms with Crippen LogP contribution in [0.2, 0.25) is 0 Å². The first kappa shape index (κ1) is 18.2. The van der Waals surface area contributed by atoms with Crippen LogP contribution in [0.1, 0.15) is 64.1 Å². The van der Waals surface area contributed by atoms with Crippen molar-refractivity contribution in [2.75, 3.05) is 13.2 Å². The van der Waals surface area contributed by atoms with Gasteiger partial charge in [-0.3, -0.25) is 5.10 Å². The van der Waals surface area contributed by atoms with Crippen LogP contribution < -0.4 is 5.73 Å². The van der Waals surface area contributed by atoms with E-state index in [0.717, 1.165) is 43.3 Å². The van der Waals surface area contributed by atoms with Crippen molar-refractivity contribution in [2.45, 2.75) is 70.4 Å². The number of aromatic nitrogens is 3. The lowest BCUT2D eigenvalue weighted by Crippen LogP contribution is -2.52. The van der Waals surface area contributed by atoms with E-state index in [1.807, 2.05) is 0 Å². The predicted molar refractivity (Wildman–Crippen MR) is 95.0 cm³/mol. The number of hydrogen-bond donors (Lipinski definition) is 2. The Hall–Kier alpha value is -1.63. The fourth-order valence-corrected chi connectivity index (χ4v) is 4.39. The van der Waals surface area contributed by atoms with E-state index >= 15 is 0 Å². The number of ether oxygens (including phenoxy) is 1. The summed E-state index contributed by atoms with van der Waals surface area (Å²) in [7, 11) is 0. The molecule has 2 unspecified atom stereocenters. The number of nitrogens with zero attached hydrogens (tertiary/aromatic N) is 3. The molecule has 3 rings (SSSR count). The van der Waals surface area contributed by atoms with Crippen molar-refractivity contribution in [3.63, 3.8) is 0 Å². The van der Waals surface area contributed by atoms with Crippen LogP contribution >= 0.6 is 0 Å². The first-order valence-corrected chi connectivity index (χ1v) is 9.59. The van der Waals surface area contributed by atoms with Crippen LogP contribution in [0.5, 0.6) is 0 Å². The summed E-state index contributed by atoms with van der Waals surface area (Å²) < 4.78 is 6.24. The summed E-state index contributed by atoms with van der Waals surface area (Å²) in [5.74, 6) is 2.40. The Bertz CT molecular complexity index is 540. The highest BCUT2D eigenvalue weighted by molar-refractivity contribution is 5.72. The number of urea groups is 1. The molecule has 2 amide bonds. The number of primary amides is 1.